The van der Waals surface area contributed by atoms with Crippen LogP contribution in [-0.2, 0) is 10.0 Å². The first-order chi connectivity index (χ1) is 10.1. The monoisotopic (exact) mass is 342 g/mol. The minimum Gasteiger partial charge on any atom is -0.492 e. The van der Waals surface area contributed by atoms with E-state index in [0.717, 1.165) is 18.2 Å². The molecule has 0 fully saturated rings. The van der Waals surface area contributed by atoms with E-state index in [0.29, 0.717) is 0 Å². The van der Waals surface area contributed by atoms with Crippen LogP contribution in [0.5, 0.6) is 5.75 Å². The number of ether oxygens (including phenoxy) is 1. The molecule has 7 nitrogen and oxygen atoms in total. The molecule has 0 aliphatic heterocycles. The Morgan fingerprint density at radius 3 is 2.50 bits per heavy atom. The Labute approximate surface area is 124 Å². The first-order valence-corrected chi connectivity index (χ1v) is 7.53. The number of hydrogen-bond donors (Lipinski definition) is 1. The molecule has 0 aliphatic rings. The highest BCUT2D eigenvalue weighted by Crippen LogP contribution is 2.28. The molecule has 22 heavy (non-hydrogen) atoms. The van der Waals surface area contributed by atoms with Crippen molar-refractivity contribution in [1.82, 2.24) is 4.72 Å². The summed E-state index contributed by atoms with van der Waals surface area (Å²) in [6.45, 7) is 0.729. The Kier molecular flexibility index (Phi) is 5.72. The third-order valence-corrected chi connectivity index (χ3v) is 3.93. The number of nitrogens with one attached hydrogen (secondary N) is 1. The van der Waals surface area contributed by atoms with Gasteiger partial charge in [-0.3, -0.25) is 10.1 Å². The van der Waals surface area contributed by atoms with Crippen LogP contribution in [0.3, 0.4) is 0 Å². The van der Waals surface area contributed by atoms with Crippen molar-refractivity contribution in [2.75, 3.05) is 13.2 Å². The lowest BCUT2D eigenvalue weighted by atomic mass is 10.3. The third kappa shape index (κ3) is 5.15. The molecule has 0 saturated carbocycles. The van der Waals surface area contributed by atoms with Crippen molar-refractivity contribution >= 4 is 15.7 Å². The molecular weight excluding hydrogens is 329 g/mol. The molecular formula is C11H13F3N2O5S. The number of benzene rings is 1. The van der Waals surface area contributed by atoms with Gasteiger partial charge in [-0.1, -0.05) is 0 Å². The number of nitrogens with zero attached hydrogens (tertiary/aromatic N) is 1. The predicted octanol–water partition coefficient (Wildman–Crippen LogP) is 2.22. The topological polar surface area (TPSA) is 98.5 Å². The van der Waals surface area contributed by atoms with Gasteiger partial charge >= 0.3 is 6.18 Å². The van der Waals surface area contributed by atoms with Crippen LogP contribution in [0.25, 0.3) is 0 Å². The van der Waals surface area contributed by atoms with Crippen LogP contribution in [0.2, 0.25) is 0 Å². The lowest BCUT2D eigenvalue weighted by Gasteiger charge is -2.12. The molecule has 0 heterocycles. The minimum atomic E-state index is -4.50. The Morgan fingerprint density at radius 1 is 1.36 bits per heavy atom. The van der Waals surface area contributed by atoms with Gasteiger partial charge in [0, 0.05) is 12.6 Å². The van der Waals surface area contributed by atoms with Crippen molar-refractivity contribution in [2.24, 2.45) is 0 Å². The van der Waals surface area contributed by atoms with E-state index in [4.69, 9.17) is 4.74 Å². The van der Waals surface area contributed by atoms with Crippen molar-refractivity contribution in [3.63, 3.8) is 0 Å². The molecule has 0 aromatic heterocycles. The maximum Gasteiger partial charge on any atom is 0.390 e. The lowest BCUT2D eigenvalue weighted by molar-refractivity contribution is -0.385. The zero-order valence-corrected chi connectivity index (χ0v) is 12.2. The molecule has 0 aliphatic carbocycles. The highest BCUT2D eigenvalue weighted by Gasteiger charge is 2.28. The zero-order valence-electron chi connectivity index (χ0n) is 11.4. The van der Waals surface area contributed by atoms with Crippen molar-refractivity contribution in [3.8, 4) is 5.75 Å². The molecule has 1 aromatic carbocycles. The highest BCUT2D eigenvalue weighted by atomic mass is 32.2. The van der Waals surface area contributed by atoms with E-state index in [2.05, 4.69) is 0 Å². The number of alkyl halides is 3. The second-order valence-electron chi connectivity index (χ2n) is 4.08. The summed E-state index contributed by atoms with van der Waals surface area (Å²) in [5, 5.41) is 10.7. The average molecular weight is 342 g/mol. The molecule has 1 rings (SSSR count). The molecule has 0 amide bonds. The Balaban J connectivity index is 3.04. The number of sulfonamides is 1. The molecule has 0 bridgehead atoms. The molecule has 0 spiro atoms. The van der Waals surface area contributed by atoms with Crippen LogP contribution < -0.4 is 9.46 Å². The summed E-state index contributed by atoms with van der Waals surface area (Å²) >= 11 is 0. The van der Waals surface area contributed by atoms with E-state index in [1.807, 2.05) is 0 Å². The van der Waals surface area contributed by atoms with Gasteiger partial charge in [-0.05, 0) is 13.0 Å². The lowest BCUT2D eigenvalue weighted by Crippen LogP contribution is -2.28. The normalized spacial score (nSPS) is 12.2. The zero-order chi connectivity index (χ0) is 17.0. The van der Waals surface area contributed by atoms with E-state index in [9.17, 15) is 31.7 Å². The number of nitro groups is 1. The van der Waals surface area contributed by atoms with Crippen LogP contribution >= 0.6 is 0 Å². The van der Waals surface area contributed by atoms with Crippen molar-refractivity contribution in [2.45, 2.75) is 24.4 Å². The molecule has 124 valence electrons. The van der Waals surface area contributed by atoms with Crippen molar-refractivity contribution in [3.05, 3.63) is 28.3 Å². The fourth-order valence-corrected chi connectivity index (χ4v) is 2.66. The van der Waals surface area contributed by atoms with Gasteiger partial charge in [0.05, 0.1) is 24.0 Å². The summed E-state index contributed by atoms with van der Waals surface area (Å²) in [4.78, 5) is 9.46. The van der Waals surface area contributed by atoms with Crippen LogP contribution in [0.4, 0.5) is 18.9 Å². The van der Waals surface area contributed by atoms with Gasteiger partial charge in [0.15, 0.2) is 0 Å². The van der Waals surface area contributed by atoms with Gasteiger partial charge in [-0.15, -0.1) is 0 Å². The largest absolute Gasteiger partial charge is 0.492 e. The van der Waals surface area contributed by atoms with E-state index in [1.165, 1.54) is 6.92 Å². The molecule has 0 unspecified atom stereocenters. The van der Waals surface area contributed by atoms with Crippen molar-refractivity contribution < 1.29 is 31.2 Å². The van der Waals surface area contributed by atoms with E-state index >= 15 is 0 Å². The SMILES string of the molecule is CCOc1cc([N+](=O)[O-])ccc1S(=O)(=O)NCCC(F)(F)F. The maximum absolute atomic E-state index is 12.0. The van der Waals surface area contributed by atoms with E-state index in [1.54, 1.807) is 4.72 Å². The summed E-state index contributed by atoms with van der Waals surface area (Å²) in [7, 11) is -4.28. The van der Waals surface area contributed by atoms with Crippen LogP contribution in [0.1, 0.15) is 13.3 Å². The smallest absolute Gasteiger partial charge is 0.390 e. The maximum atomic E-state index is 12.0. The first-order valence-electron chi connectivity index (χ1n) is 6.04. The number of halogens is 3. The second-order valence-corrected chi connectivity index (χ2v) is 5.82. The second kappa shape index (κ2) is 6.92. The average Bonchev–Trinajstić information content (AvgIpc) is 2.36. The Bertz CT molecular complexity index is 646. The third-order valence-electron chi connectivity index (χ3n) is 2.43. The predicted molar refractivity (Wildman–Crippen MR) is 70.1 cm³/mol. The fourth-order valence-electron chi connectivity index (χ4n) is 1.51. The van der Waals surface area contributed by atoms with Crippen LogP contribution in [0.15, 0.2) is 23.1 Å². The molecule has 0 atom stereocenters. The number of hydrogen-bond acceptors (Lipinski definition) is 5. The summed E-state index contributed by atoms with van der Waals surface area (Å²) in [5.74, 6) is -0.295. The summed E-state index contributed by atoms with van der Waals surface area (Å²) in [6, 6.07) is 2.75. The minimum absolute atomic E-state index is 0.0340. The van der Waals surface area contributed by atoms with Crippen LogP contribution in [-0.4, -0.2) is 32.7 Å². The summed E-state index contributed by atoms with van der Waals surface area (Å²) in [5.41, 5.74) is -0.391. The summed E-state index contributed by atoms with van der Waals surface area (Å²) < 4.78 is 66.9. The van der Waals surface area contributed by atoms with E-state index in [-0.39, 0.29) is 12.4 Å². The standard InChI is InChI=1S/C11H13F3N2O5S/c1-2-21-9-7-8(16(17)18)3-4-10(9)22(19,20)15-6-5-11(12,13)14/h3-4,7,15H,2,5-6H2,1H3. The Morgan fingerprint density at radius 2 is 2.00 bits per heavy atom. The molecule has 0 saturated heterocycles. The number of nitro benzene ring substituents is 1. The van der Waals surface area contributed by atoms with Gasteiger partial charge in [0.1, 0.15) is 10.6 Å². The van der Waals surface area contributed by atoms with Gasteiger partial charge in [0.25, 0.3) is 5.69 Å². The molecule has 1 N–H and O–H groups in total. The fraction of sp³-hybridized carbons (Fsp3) is 0.455. The summed E-state index contributed by atoms with van der Waals surface area (Å²) in [6.07, 6.45) is -5.83. The molecule has 1 aromatic rings. The number of non-ortho nitro benzene ring substituents is 1. The first kappa shape index (κ1) is 18.2. The Hall–Kier alpha value is -1.88. The van der Waals surface area contributed by atoms with Gasteiger partial charge in [-0.25, -0.2) is 13.1 Å². The molecule has 0 radical (unpaired) electrons. The van der Waals surface area contributed by atoms with Crippen molar-refractivity contribution in [1.29, 1.82) is 0 Å². The quantitative estimate of drug-likeness (QED) is 0.605. The van der Waals surface area contributed by atoms with Gasteiger partial charge in [0.2, 0.25) is 10.0 Å². The highest BCUT2D eigenvalue weighted by molar-refractivity contribution is 7.89. The van der Waals surface area contributed by atoms with Gasteiger partial charge in [-0.2, -0.15) is 13.2 Å². The number of rotatable bonds is 7. The molecule has 11 heteroatoms. The van der Waals surface area contributed by atoms with E-state index < -0.39 is 44.7 Å². The van der Waals surface area contributed by atoms with Crippen LogP contribution in [0, 0.1) is 10.1 Å². The van der Waals surface area contributed by atoms with Gasteiger partial charge < -0.3 is 4.74 Å².